The van der Waals surface area contributed by atoms with Gasteiger partial charge < -0.3 is 10.2 Å². The zero-order valence-electron chi connectivity index (χ0n) is 15.9. The fraction of sp³-hybridized carbons (Fsp3) is 0.667. The molecule has 0 heterocycles. The van der Waals surface area contributed by atoms with Crippen molar-refractivity contribution in [3.8, 4) is 0 Å². The highest BCUT2D eigenvalue weighted by Crippen LogP contribution is 2.38. The van der Waals surface area contributed by atoms with Gasteiger partial charge in [-0.15, -0.1) is 0 Å². The Morgan fingerprint density at radius 1 is 1.00 bits per heavy atom. The molecule has 2 aliphatic carbocycles. The number of halogens is 3. The van der Waals surface area contributed by atoms with Gasteiger partial charge in [0.1, 0.15) is 0 Å². The summed E-state index contributed by atoms with van der Waals surface area (Å²) in [5.74, 6) is -0.242. The highest BCUT2D eigenvalue weighted by atomic mass is 19.4. The second-order valence-electron chi connectivity index (χ2n) is 7.96. The molecule has 0 saturated heterocycles. The topological polar surface area (TPSA) is 32.3 Å². The van der Waals surface area contributed by atoms with Gasteiger partial charge in [-0.05, 0) is 43.9 Å². The molecular weight excluding hydrogens is 353 g/mol. The predicted molar refractivity (Wildman–Crippen MR) is 102 cm³/mol. The SMILES string of the molecule is CN(c1ccc(C(F)(F)F)cc1NC(=O)C1CCCCC1)C1CCCCC1. The van der Waals surface area contributed by atoms with Gasteiger partial charge in [0.05, 0.1) is 16.9 Å². The van der Waals surface area contributed by atoms with Crippen molar-refractivity contribution < 1.29 is 18.0 Å². The number of hydrogen-bond acceptors (Lipinski definition) is 2. The molecule has 150 valence electrons. The first-order chi connectivity index (χ1) is 12.9. The molecule has 1 aromatic rings. The Morgan fingerprint density at radius 3 is 2.19 bits per heavy atom. The van der Waals surface area contributed by atoms with E-state index in [-0.39, 0.29) is 17.5 Å². The zero-order valence-corrected chi connectivity index (χ0v) is 15.9. The molecule has 0 unspecified atom stereocenters. The summed E-state index contributed by atoms with van der Waals surface area (Å²) in [6.07, 6.45) is 5.92. The predicted octanol–water partition coefficient (Wildman–Crippen LogP) is 5.99. The molecule has 3 rings (SSSR count). The summed E-state index contributed by atoms with van der Waals surface area (Å²) >= 11 is 0. The van der Waals surface area contributed by atoms with Crippen LogP contribution in [0.2, 0.25) is 0 Å². The molecular formula is C21H29F3N2O. The van der Waals surface area contributed by atoms with Crippen molar-refractivity contribution >= 4 is 17.3 Å². The fourth-order valence-corrected chi connectivity index (χ4v) is 4.38. The number of alkyl halides is 3. The summed E-state index contributed by atoms with van der Waals surface area (Å²) in [5, 5.41) is 2.83. The summed E-state index contributed by atoms with van der Waals surface area (Å²) < 4.78 is 39.7. The van der Waals surface area contributed by atoms with Crippen LogP contribution < -0.4 is 10.2 Å². The second-order valence-corrected chi connectivity index (χ2v) is 7.96. The largest absolute Gasteiger partial charge is 0.416 e. The van der Waals surface area contributed by atoms with Gasteiger partial charge in [-0.2, -0.15) is 13.2 Å². The maximum atomic E-state index is 13.2. The first kappa shape index (κ1) is 20.0. The lowest BCUT2D eigenvalue weighted by molar-refractivity contribution is -0.137. The number of rotatable bonds is 4. The lowest BCUT2D eigenvalue weighted by atomic mass is 9.88. The highest BCUT2D eigenvalue weighted by molar-refractivity contribution is 5.96. The molecule has 6 heteroatoms. The van der Waals surface area contributed by atoms with E-state index >= 15 is 0 Å². The lowest BCUT2D eigenvalue weighted by Gasteiger charge is -2.34. The molecule has 0 aliphatic heterocycles. The standard InChI is InChI=1S/C21H29F3N2O/c1-26(17-10-6-3-7-11-17)19-13-12-16(21(22,23)24)14-18(19)25-20(27)15-8-4-2-5-9-15/h12-15,17H,2-11H2,1H3,(H,25,27). The van der Waals surface area contributed by atoms with Gasteiger partial charge in [0.25, 0.3) is 0 Å². The number of carbonyl (C=O) groups is 1. The summed E-state index contributed by atoms with van der Waals surface area (Å²) in [6.45, 7) is 0. The van der Waals surface area contributed by atoms with Gasteiger partial charge in [0.2, 0.25) is 5.91 Å². The normalized spacial score (nSPS) is 19.7. The van der Waals surface area contributed by atoms with Crippen molar-refractivity contribution in [1.29, 1.82) is 0 Å². The van der Waals surface area contributed by atoms with E-state index in [0.29, 0.717) is 11.7 Å². The third kappa shape index (κ3) is 4.96. The zero-order chi connectivity index (χ0) is 19.4. The fourth-order valence-electron chi connectivity index (χ4n) is 4.38. The van der Waals surface area contributed by atoms with Crippen molar-refractivity contribution in [1.82, 2.24) is 0 Å². The third-order valence-electron chi connectivity index (χ3n) is 6.06. The molecule has 0 atom stereocenters. The van der Waals surface area contributed by atoms with Gasteiger partial charge in [-0.3, -0.25) is 4.79 Å². The van der Waals surface area contributed by atoms with Crippen LogP contribution >= 0.6 is 0 Å². The molecule has 2 aliphatic rings. The molecule has 1 amide bonds. The van der Waals surface area contributed by atoms with Crippen LogP contribution in [0, 0.1) is 5.92 Å². The number of benzene rings is 1. The van der Waals surface area contributed by atoms with Gasteiger partial charge in [0, 0.05) is 19.0 Å². The number of nitrogens with zero attached hydrogens (tertiary/aromatic N) is 1. The van der Waals surface area contributed by atoms with E-state index in [1.54, 1.807) is 0 Å². The van der Waals surface area contributed by atoms with Crippen molar-refractivity contribution in [3.63, 3.8) is 0 Å². The van der Waals surface area contributed by atoms with Crippen LogP contribution in [-0.4, -0.2) is 19.0 Å². The van der Waals surface area contributed by atoms with Crippen LogP contribution in [0.1, 0.15) is 69.8 Å². The van der Waals surface area contributed by atoms with Crippen LogP contribution in [-0.2, 0) is 11.0 Å². The maximum absolute atomic E-state index is 13.2. The molecule has 27 heavy (non-hydrogen) atoms. The Morgan fingerprint density at radius 2 is 1.59 bits per heavy atom. The summed E-state index contributed by atoms with van der Waals surface area (Å²) in [4.78, 5) is 14.7. The molecule has 0 radical (unpaired) electrons. The average molecular weight is 382 g/mol. The Balaban J connectivity index is 1.86. The minimum atomic E-state index is -4.42. The van der Waals surface area contributed by atoms with E-state index in [9.17, 15) is 18.0 Å². The van der Waals surface area contributed by atoms with E-state index in [2.05, 4.69) is 10.2 Å². The van der Waals surface area contributed by atoms with Crippen molar-refractivity contribution in [2.45, 2.75) is 76.4 Å². The molecule has 2 saturated carbocycles. The number of nitrogens with one attached hydrogen (secondary N) is 1. The molecule has 1 aromatic carbocycles. The monoisotopic (exact) mass is 382 g/mol. The summed E-state index contributed by atoms with van der Waals surface area (Å²) in [7, 11) is 1.93. The van der Waals surface area contributed by atoms with E-state index in [1.165, 1.54) is 12.5 Å². The Labute approximate surface area is 159 Å². The van der Waals surface area contributed by atoms with E-state index in [1.807, 2.05) is 7.05 Å². The lowest BCUT2D eigenvalue weighted by Crippen LogP contribution is -2.34. The van der Waals surface area contributed by atoms with Gasteiger partial charge in [0.15, 0.2) is 0 Å². The molecule has 1 N–H and O–H groups in total. The van der Waals surface area contributed by atoms with Crippen molar-refractivity contribution in [2.24, 2.45) is 5.92 Å². The molecule has 0 aromatic heterocycles. The molecule has 0 bridgehead atoms. The Bertz CT molecular complexity index is 647. The number of anilines is 2. The smallest absolute Gasteiger partial charge is 0.370 e. The van der Waals surface area contributed by atoms with E-state index in [4.69, 9.17) is 0 Å². The Hall–Kier alpha value is -1.72. The number of carbonyl (C=O) groups excluding carboxylic acids is 1. The third-order valence-corrected chi connectivity index (χ3v) is 6.06. The number of hydrogen-bond donors (Lipinski definition) is 1. The van der Waals surface area contributed by atoms with Gasteiger partial charge in [-0.1, -0.05) is 38.5 Å². The van der Waals surface area contributed by atoms with E-state index in [0.717, 1.165) is 69.9 Å². The number of amides is 1. The molecule has 2 fully saturated rings. The van der Waals surface area contributed by atoms with Crippen molar-refractivity contribution in [2.75, 3.05) is 17.3 Å². The van der Waals surface area contributed by atoms with Crippen molar-refractivity contribution in [3.05, 3.63) is 23.8 Å². The summed E-state index contributed by atoms with van der Waals surface area (Å²) in [5.41, 5.74) is 0.245. The van der Waals surface area contributed by atoms with E-state index < -0.39 is 11.7 Å². The quantitative estimate of drug-likeness (QED) is 0.693. The van der Waals surface area contributed by atoms with Crippen LogP contribution in [0.3, 0.4) is 0 Å². The van der Waals surface area contributed by atoms with Crippen LogP contribution in [0.15, 0.2) is 18.2 Å². The van der Waals surface area contributed by atoms with Gasteiger partial charge >= 0.3 is 6.18 Å². The highest BCUT2D eigenvalue weighted by Gasteiger charge is 2.32. The van der Waals surface area contributed by atoms with Gasteiger partial charge in [-0.25, -0.2) is 0 Å². The molecule has 3 nitrogen and oxygen atoms in total. The molecule has 0 spiro atoms. The van der Waals surface area contributed by atoms with Crippen LogP contribution in [0.5, 0.6) is 0 Å². The maximum Gasteiger partial charge on any atom is 0.416 e. The average Bonchev–Trinajstić information content (AvgIpc) is 2.68. The second kappa shape index (κ2) is 8.53. The minimum Gasteiger partial charge on any atom is -0.370 e. The van der Waals surface area contributed by atoms with Crippen LogP contribution in [0.4, 0.5) is 24.5 Å². The minimum absolute atomic E-state index is 0.0962. The first-order valence-corrected chi connectivity index (χ1v) is 10.1. The Kier molecular flexibility index (Phi) is 6.33. The van der Waals surface area contributed by atoms with Crippen LogP contribution in [0.25, 0.3) is 0 Å². The summed E-state index contributed by atoms with van der Waals surface area (Å²) in [6, 6.07) is 4.02. The first-order valence-electron chi connectivity index (χ1n) is 10.1.